The van der Waals surface area contributed by atoms with E-state index in [0.29, 0.717) is 12.2 Å². The Hall–Kier alpha value is -2.14. The number of carbonyl (C=O) groups excluding carboxylic acids is 1. The van der Waals surface area contributed by atoms with Crippen molar-refractivity contribution < 1.29 is 4.79 Å². The van der Waals surface area contributed by atoms with Crippen LogP contribution in [0, 0.1) is 0 Å². The smallest absolute Gasteiger partial charge is 0.274 e. The lowest BCUT2D eigenvalue weighted by Crippen LogP contribution is -2.13. The number of nitrogens with zero attached hydrogens (tertiary/aromatic N) is 1. The molecule has 0 atom stereocenters. The number of hydrogen-bond donors (Lipinski definition) is 2. The highest BCUT2D eigenvalue weighted by Gasteiger charge is 2.07. The van der Waals surface area contributed by atoms with E-state index in [1.54, 1.807) is 18.3 Å². The zero-order valence-corrected chi connectivity index (χ0v) is 12.4. The van der Waals surface area contributed by atoms with Crippen LogP contribution in [0.4, 0.5) is 11.4 Å². The molecule has 1 amide bonds. The summed E-state index contributed by atoms with van der Waals surface area (Å²) in [6.07, 6.45) is 3.38. The summed E-state index contributed by atoms with van der Waals surface area (Å²) in [5, 5.41) is 5.89. The molecule has 0 saturated carbocycles. The van der Waals surface area contributed by atoms with E-state index in [0.717, 1.165) is 15.8 Å². The number of amides is 1. The normalized spacial score (nSPS) is 9.85. The minimum atomic E-state index is -0.234. The van der Waals surface area contributed by atoms with E-state index >= 15 is 0 Å². The SMILES string of the molecule is C=CCNc1ccc(C(=O)Nc2ccc(Br)cc2)nc1. The van der Waals surface area contributed by atoms with Crippen LogP contribution < -0.4 is 10.6 Å². The maximum atomic E-state index is 12.0. The van der Waals surface area contributed by atoms with Gasteiger partial charge in [-0.25, -0.2) is 4.98 Å². The zero-order chi connectivity index (χ0) is 14.4. The fourth-order valence-electron chi connectivity index (χ4n) is 1.55. The number of hydrogen-bond acceptors (Lipinski definition) is 3. The fraction of sp³-hybridized carbons (Fsp3) is 0.0667. The van der Waals surface area contributed by atoms with Crippen LogP contribution in [0.25, 0.3) is 0 Å². The number of rotatable bonds is 5. The van der Waals surface area contributed by atoms with Crippen molar-refractivity contribution >= 4 is 33.2 Å². The summed E-state index contributed by atoms with van der Waals surface area (Å²) in [6, 6.07) is 10.9. The number of pyridine rings is 1. The summed E-state index contributed by atoms with van der Waals surface area (Å²) >= 11 is 3.35. The first-order valence-corrected chi connectivity index (χ1v) is 6.86. The minimum absolute atomic E-state index is 0.234. The second kappa shape index (κ2) is 6.86. The molecule has 20 heavy (non-hydrogen) atoms. The molecular weight excluding hydrogens is 318 g/mol. The van der Waals surface area contributed by atoms with E-state index < -0.39 is 0 Å². The standard InChI is InChI=1S/C15H14BrN3O/c1-2-9-17-13-7-8-14(18-10-13)15(20)19-12-5-3-11(16)4-6-12/h2-8,10,17H,1,9H2,(H,19,20). The molecule has 2 N–H and O–H groups in total. The largest absolute Gasteiger partial charge is 0.380 e. The van der Waals surface area contributed by atoms with Gasteiger partial charge in [0.15, 0.2) is 0 Å². The number of carbonyl (C=O) groups is 1. The van der Waals surface area contributed by atoms with Crippen LogP contribution in [0.15, 0.2) is 59.7 Å². The molecule has 0 unspecified atom stereocenters. The predicted octanol–water partition coefficient (Wildman–Crippen LogP) is 3.69. The molecule has 102 valence electrons. The van der Waals surface area contributed by atoms with Gasteiger partial charge in [0.1, 0.15) is 5.69 Å². The monoisotopic (exact) mass is 331 g/mol. The summed E-state index contributed by atoms with van der Waals surface area (Å²) in [5.41, 5.74) is 1.95. The van der Waals surface area contributed by atoms with Gasteiger partial charge < -0.3 is 10.6 Å². The van der Waals surface area contributed by atoms with Crippen LogP contribution >= 0.6 is 15.9 Å². The summed E-state index contributed by atoms with van der Waals surface area (Å²) < 4.78 is 0.964. The molecule has 0 aliphatic carbocycles. The summed E-state index contributed by atoms with van der Waals surface area (Å²) in [4.78, 5) is 16.1. The third-order valence-electron chi connectivity index (χ3n) is 2.55. The van der Waals surface area contributed by atoms with E-state index in [2.05, 4.69) is 38.1 Å². The lowest BCUT2D eigenvalue weighted by Gasteiger charge is -2.06. The molecule has 0 aliphatic heterocycles. The molecule has 2 aromatic rings. The highest BCUT2D eigenvalue weighted by atomic mass is 79.9. The van der Waals surface area contributed by atoms with Crippen molar-refractivity contribution in [3.8, 4) is 0 Å². The van der Waals surface area contributed by atoms with Crippen molar-refractivity contribution in [2.45, 2.75) is 0 Å². The second-order valence-electron chi connectivity index (χ2n) is 4.06. The van der Waals surface area contributed by atoms with E-state index in [4.69, 9.17) is 0 Å². The molecule has 1 heterocycles. The van der Waals surface area contributed by atoms with E-state index in [1.165, 1.54) is 0 Å². The van der Waals surface area contributed by atoms with Crippen LogP contribution in [0.1, 0.15) is 10.5 Å². The molecule has 0 spiro atoms. The quantitative estimate of drug-likeness (QED) is 0.821. The molecule has 5 heteroatoms. The Morgan fingerprint density at radius 3 is 2.50 bits per heavy atom. The average molecular weight is 332 g/mol. The van der Waals surface area contributed by atoms with Crippen LogP contribution in [0.5, 0.6) is 0 Å². The average Bonchev–Trinajstić information content (AvgIpc) is 2.48. The highest BCUT2D eigenvalue weighted by Crippen LogP contribution is 2.15. The molecule has 0 saturated heterocycles. The minimum Gasteiger partial charge on any atom is -0.380 e. The summed E-state index contributed by atoms with van der Waals surface area (Å²) in [5.74, 6) is -0.234. The van der Waals surface area contributed by atoms with E-state index in [9.17, 15) is 4.79 Å². The van der Waals surface area contributed by atoms with Crippen molar-refractivity contribution in [2.24, 2.45) is 0 Å². The first-order chi connectivity index (χ1) is 9.69. The van der Waals surface area contributed by atoms with Crippen LogP contribution in [0.2, 0.25) is 0 Å². The summed E-state index contributed by atoms with van der Waals surface area (Å²) in [6.45, 7) is 4.28. The number of halogens is 1. The number of nitrogens with one attached hydrogen (secondary N) is 2. The molecule has 1 aromatic carbocycles. The van der Waals surface area contributed by atoms with Gasteiger partial charge in [0.25, 0.3) is 5.91 Å². The molecule has 2 rings (SSSR count). The second-order valence-corrected chi connectivity index (χ2v) is 4.98. The van der Waals surface area contributed by atoms with Crippen molar-refractivity contribution in [3.05, 3.63) is 65.4 Å². The molecule has 0 aliphatic rings. The topological polar surface area (TPSA) is 54.0 Å². The van der Waals surface area contributed by atoms with Gasteiger partial charge >= 0.3 is 0 Å². The number of anilines is 2. The number of benzene rings is 1. The van der Waals surface area contributed by atoms with Crippen LogP contribution in [0.3, 0.4) is 0 Å². The van der Waals surface area contributed by atoms with Gasteiger partial charge in [0.2, 0.25) is 0 Å². The lowest BCUT2D eigenvalue weighted by atomic mass is 10.3. The maximum absolute atomic E-state index is 12.0. The summed E-state index contributed by atoms with van der Waals surface area (Å²) in [7, 11) is 0. The van der Waals surface area contributed by atoms with Gasteiger partial charge in [0, 0.05) is 16.7 Å². The Morgan fingerprint density at radius 2 is 1.90 bits per heavy atom. The van der Waals surface area contributed by atoms with E-state index in [-0.39, 0.29) is 5.91 Å². The van der Waals surface area contributed by atoms with Gasteiger partial charge in [-0.2, -0.15) is 0 Å². The highest BCUT2D eigenvalue weighted by molar-refractivity contribution is 9.10. The molecule has 0 radical (unpaired) electrons. The van der Waals surface area contributed by atoms with Crippen molar-refractivity contribution in [3.63, 3.8) is 0 Å². The van der Waals surface area contributed by atoms with Gasteiger partial charge in [0.05, 0.1) is 11.9 Å². The van der Waals surface area contributed by atoms with Gasteiger partial charge in [-0.15, -0.1) is 6.58 Å². The Kier molecular flexibility index (Phi) is 4.90. The number of aromatic nitrogens is 1. The molecule has 1 aromatic heterocycles. The third kappa shape index (κ3) is 3.93. The van der Waals surface area contributed by atoms with Crippen molar-refractivity contribution in [1.29, 1.82) is 0 Å². The van der Waals surface area contributed by atoms with Gasteiger partial charge in [-0.05, 0) is 36.4 Å². The lowest BCUT2D eigenvalue weighted by molar-refractivity contribution is 0.102. The zero-order valence-electron chi connectivity index (χ0n) is 10.8. The van der Waals surface area contributed by atoms with Gasteiger partial charge in [-0.3, -0.25) is 4.79 Å². The first-order valence-electron chi connectivity index (χ1n) is 6.07. The first kappa shape index (κ1) is 14.3. The third-order valence-corrected chi connectivity index (χ3v) is 3.08. The molecular formula is C15H14BrN3O. The van der Waals surface area contributed by atoms with Crippen LogP contribution in [-0.4, -0.2) is 17.4 Å². The van der Waals surface area contributed by atoms with Crippen molar-refractivity contribution in [2.75, 3.05) is 17.2 Å². The molecule has 0 fully saturated rings. The predicted molar refractivity (Wildman–Crippen MR) is 85.0 cm³/mol. The molecule has 0 bridgehead atoms. The fourth-order valence-corrected chi connectivity index (χ4v) is 1.82. The van der Waals surface area contributed by atoms with E-state index in [1.807, 2.05) is 30.3 Å². The van der Waals surface area contributed by atoms with Gasteiger partial charge in [-0.1, -0.05) is 22.0 Å². The maximum Gasteiger partial charge on any atom is 0.274 e. The Morgan fingerprint density at radius 1 is 1.20 bits per heavy atom. The van der Waals surface area contributed by atoms with Crippen LogP contribution in [-0.2, 0) is 0 Å². The van der Waals surface area contributed by atoms with Crippen molar-refractivity contribution in [1.82, 2.24) is 4.98 Å². The Bertz CT molecular complexity index is 594. The Labute approximate surface area is 126 Å². The Balaban J connectivity index is 2.01. The molecule has 4 nitrogen and oxygen atoms in total.